The number of carboxylic acids is 1. The lowest BCUT2D eigenvalue weighted by molar-refractivity contribution is -0.390. The number of carboxylic acid groups (broad SMARTS) is 1. The number of aromatic nitrogens is 2. The molecule has 0 saturated carbocycles. The fourth-order valence-corrected chi connectivity index (χ4v) is 0.859. The second-order valence-corrected chi connectivity index (χ2v) is 2.28. The topological polar surface area (TPSA) is 98.3 Å². The van der Waals surface area contributed by atoms with Crippen LogP contribution in [0, 0.1) is 10.1 Å². The molecule has 1 N–H and O–H groups in total. The minimum absolute atomic E-state index is 0. The molecule has 1 heterocycles. The summed E-state index contributed by atoms with van der Waals surface area (Å²) in [5.41, 5.74) is -0.383. The Morgan fingerprint density at radius 3 is 2.64 bits per heavy atom. The summed E-state index contributed by atoms with van der Waals surface area (Å²) in [6.07, 6.45) is 1.14. The maximum Gasteiger partial charge on any atom is 0.404 e. The minimum atomic E-state index is -1.34. The second kappa shape index (κ2) is 4.56. The minimum Gasteiger partial charge on any atom is -0.477 e. The molecule has 1 aromatic heterocycles. The molecule has 1 aromatic rings. The van der Waals surface area contributed by atoms with Crippen LogP contribution in [-0.2, 0) is 6.54 Å². The maximum absolute atomic E-state index is 10.5. The number of nitrogens with zero attached hydrogens (tertiary/aromatic N) is 3. The van der Waals surface area contributed by atoms with E-state index in [1.165, 1.54) is 4.68 Å². The second-order valence-electron chi connectivity index (χ2n) is 2.28. The molecule has 0 aliphatic heterocycles. The Hall–Kier alpha value is -1.63. The standard InChI is InChI=1S/C6H7N3O4.ClH/c1-2-8-3-4(6(10)11)5(7-8)9(12)13;/h3H,2H2,1H3,(H,10,11);1H. The lowest BCUT2D eigenvalue weighted by atomic mass is 10.3. The zero-order chi connectivity index (χ0) is 10.0. The Morgan fingerprint density at radius 1 is 1.79 bits per heavy atom. The molecule has 0 aromatic carbocycles. The van der Waals surface area contributed by atoms with Gasteiger partial charge in [0.15, 0.2) is 5.56 Å². The number of hydrogen-bond donors (Lipinski definition) is 1. The number of carbonyl (C=O) groups is 1. The summed E-state index contributed by atoms with van der Waals surface area (Å²) in [4.78, 5) is 20.0. The molecule has 0 atom stereocenters. The van der Waals surface area contributed by atoms with Crippen molar-refractivity contribution in [2.45, 2.75) is 13.5 Å². The number of aryl methyl sites for hydroxylation is 1. The van der Waals surface area contributed by atoms with Crippen LogP contribution in [0.5, 0.6) is 0 Å². The Labute approximate surface area is 84.9 Å². The van der Waals surface area contributed by atoms with E-state index in [1.807, 2.05) is 0 Å². The van der Waals surface area contributed by atoms with Gasteiger partial charge in [-0.2, -0.15) is 4.68 Å². The highest BCUT2D eigenvalue weighted by Crippen LogP contribution is 2.15. The lowest BCUT2D eigenvalue weighted by Crippen LogP contribution is -1.99. The Balaban J connectivity index is 0.00000169. The zero-order valence-corrected chi connectivity index (χ0v) is 8.02. The summed E-state index contributed by atoms with van der Waals surface area (Å²) in [6, 6.07) is 0. The Morgan fingerprint density at radius 2 is 2.36 bits per heavy atom. The molecule has 14 heavy (non-hydrogen) atoms. The summed E-state index contributed by atoms with van der Waals surface area (Å²) in [5, 5.41) is 22.4. The van der Waals surface area contributed by atoms with Crippen molar-refractivity contribution in [3.05, 3.63) is 21.9 Å². The van der Waals surface area contributed by atoms with E-state index < -0.39 is 16.7 Å². The Bertz CT molecular complexity index is 330. The zero-order valence-electron chi connectivity index (χ0n) is 7.21. The maximum atomic E-state index is 10.5. The monoisotopic (exact) mass is 221 g/mol. The summed E-state index contributed by atoms with van der Waals surface area (Å²) in [6.45, 7) is 2.11. The van der Waals surface area contributed by atoms with Crippen LogP contribution in [0.25, 0.3) is 0 Å². The fourth-order valence-electron chi connectivity index (χ4n) is 0.859. The summed E-state index contributed by atoms with van der Waals surface area (Å²) in [5.74, 6) is -1.96. The van der Waals surface area contributed by atoms with Crippen molar-refractivity contribution in [1.82, 2.24) is 9.78 Å². The molecule has 0 aliphatic carbocycles. The van der Waals surface area contributed by atoms with E-state index in [0.29, 0.717) is 6.54 Å². The van der Waals surface area contributed by atoms with Gasteiger partial charge in [-0.1, -0.05) is 0 Å². The number of rotatable bonds is 3. The molecule has 78 valence electrons. The third kappa shape index (κ3) is 2.19. The van der Waals surface area contributed by atoms with E-state index in [4.69, 9.17) is 5.11 Å². The molecule has 8 heteroatoms. The van der Waals surface area contributed by atoms with E-state index >= 15 is 0 Å². The van der Waals surface area contributed by atoms with Crippen molar-refractivity contribution < 1.29 is 14.8 Å². The highest BCUT2D eigenvalue weighted by molar-refractivity contribution is 5.91. The van der Waals surface area contributed by atoms with Gasteiger partial charge in [0.2, 0.25) is 0 Å². The summed E-state index contributed by atoms with van der Waals surface area (Å²) < 4.78 is 1.21. The van der Waals surface area contributed by atoms with Crippen LogP contribution in [0.15, 0.2) is 6.20 Å². The fraction of sp³-hybridized carbons (Fsp3) is 0.333. The molecule has 0 amide bonds. The van der Waals surface area contributed by atoms with Crippen molar-refractivity contribution in [2.75, 3.05) is 0 Å². The van der Waals surface area contributed by atoms with Crippen LogP contribution in [0.1, 0.15) is 17.3 Å². The first kappa shape index (κ1) is 12.4. The van der Waals surface area contributed by atoms with Crippen LogP contribution >= 0.6 is 12.4 Å². The number of aromatic carboxylic acids is 1. The molecular weight excluding hydrogens is 214 g/mol. The predicted molar refractivity (Wildman–Crippen MR) is 48.8 cm³/mol. The van der Waals surface area contributed by atoms with Crippen molar-refractivity contribution in [1.29, 1.82) is 0 Å². The first-order valence-electron chi connectivity index (χ1n) is 3.51. The largest absolute Gasteiger partial charge is 0.477 e. The van der Waals surface area contributed by atoms with Gasteiger partial charge in [0.1, 0.15) is 0 Å². The van der Waals surface area contributed by atoms with Crippen LogP contribution in [0.4, 0.5) is 5.82 Å². The average molecular weight is 222 g/mol. The lowest BCUT2D eigenvalue weighted by Gasteiger charge is -1.87. The normalized spacial score (nSPS) is 9.21. The van der Waals surface area contributed by atoms with Gasteiger partial charge in [0, 0.05) is 0 Å². The summed E-state index contributed by atoms with van der Waals surface area (Å²) in [7, 11) is 0. The average Bonchev–Trinajstić information content (AvgIpc) is 2.47. The van der Waals surface area contributed by atoms with Crippen LogP contribution in [0.2, 0.25) is 0 Å². The van der Waals surface area contributed by atoms with Gasteiger partial charge >= 0.3 is 11.8 Å². The first-order chi connectivity index (χ1) is 6.06. The molecule has 7 nitrogen and oxygen atoms in total. The van der Waals surface area contributed by atoms with Crippen LogP contribution in [0.3, 0.4) is 0 Å². The van der Waals surface area contributed by atoms with Crippen molar-refractivity contribution >= 4 is 24.2 Å². The van der Waals surface area contributed by atoms with Gasteiger partial charge in [-0.15, -0.1) is 12.4 Å². The van der Waals surface area contributed by atoms with Gasteiger partial charge in [0.05, 0.1) is 17.8 Å². The molecule has 0 spiro atoms. The molecular formula is C6H8ClN3O4. The Kier molecular flexibility index (Phi) is 4.03. The molecule has 0 saturated heterocycles. The van der Waals surface area contributed by atoms with E-state index in [9.17, 15) is 14.9 Å². The molecule has 0 aliphatic rings. The van der Waals surface area contributed by atoms with E-state index in [-0.39, 0.29) is 18.0 Å². The molecule has 0 fully saturated rings. The first-order valence-corrected chi connectivity index (χ1v) is 3.51. The highest BCUT2D eigenvalue weighted by atomic mass is 35.5. The number of hydrogen-bond acceptors (Lipinski definition) is 4. The highest BCUT2D eigenvalue weighted by Gasteiger charge is 2.25. The SMILES string of the molecule is CCn1cc(C(=O)O)c([N+](=O)[O-])n1.Cl. The molecule has 0 bridgehead atoms. The van der Waals surface area contributed by atoms with E-state index in [0.717, 1.165) is 6.20 Å². The van der Waals surface area contributed by atoms with Crippen LogP contribution in [-0.4, -0.2) is 25.8 Å². The van der Waals surface area contributed by atoms with Crippen molar-refractivity contribution in [2.24, 2.45) is 0 Å². The van der Waals surface area contributed by atoms with Gasteiger partial charge in [-0.05, 0) is 11.8 Å². The molecule has 0 radical (unpaired) electrons. The third-order valence-electron chi connectivity index (χ3n) is 1.47. The van der Waals surface area contributed by atoms with E-state index in [1.54, 1.807) is 6.92 Å². The predicted octanol–water partition coefficient (Wildman–Crippen LogP) is 0.931. The van der Waals surface area contributed by atoms with Crippen molar-refractivity contribution in [3.8, 4) is 0 Å². The van der Waals surface area contributed by atoms with Crippen LogP contribution < -0.4 is 0 Å². The number of nitro groups is 1. The van der Waals surface area contributed by atoms with Gasteiger partial charge in [-0.3, -0.25) is 0 Å². The van der Waals surface area contributed by atoms with Gasteiger partial charge in [0.25, 0.3) is 0 Å². The quantitative estimate of drug-likeness (QED) is 0.605. The molecule has 0 unspecified atom stereocenters. The van der Waals surface area contributed by atoms with E-state index in [2.05, 4.69) is 5.10 Å². The van der Waals surface area contributed by atoms with Crippen molar-refractivity contribution in [3.63, 3.8) is 0 Å². The number of halogens is 1. The van der Waals surface area contributed by atoms with Gasteiger partial charge < -0.3 is 15.2 Å². The molecule has 1 rings (SSSR count). The van der Waals surface area contributed by atoms with Gasteiger partial charge in [-0.25, -0.2) is 4.79 Å². The third-order valence-corrected chi connectivity index (χ3v) is 1.47. The smallest absolute Gasteiger partial charge is 0.404 e. The summed E-state index contributed by atoms with van der Waals surface area (Å²) >= 11 is 0.